The Morgan fingerprint density at radius 2 is 2.15 bits per heavy atom. The number of carbonyl (C=O) groups is 1. The Balaban J connectivity index is 2.30. The molecule has 2 rings (SSSR count). The molecular formula is C13H19N3O3S. The number of rotatable bonds is 4. The molecule has 1 aliphatic heterocycles. The van der Waals surface area contributed by atoms with Crippen molar-refractivity contribution in [1.29, 1.82) is 0 Å². The molecule has 1 aromatic carbocycles. The van der Waals surface area contributed by atoms with Crippen molar-refractivity contribution in [3.8, 4) is 0 Å². The van der Waals surface area contributed by atoms with Gasteiger partial charge >= 0.3 is 0 Å². The molecular weight excluding hydrogens is 278 g/mol. The van der Waals surface area contributed by atoms with Crippen molar-refractivity contribution in [3.05, 3.63) is 29.8 Å². The van der Waals surface area contributed by atoms with E-state index in [-0.39, 0.29) is 18.0 Å². The average Bonchev–Trinajstić information content (AvgIpc) is 2.84. The van der Waals surface area contributed by atoms with Crippen LogP contribution in [0.3, 0.4) is 0 Å². The molecule has 1 unspecified atom stereocenters. The van der Waals surface area contributed by atoms with E-state index < -0.39 is 21.3 Å². The molecule has 20 heavy (non-hydrogen) atoms. The number of benzene rings is 1. The van der Waals surface area contributed by atoms with E-state index in [1.807, 2.05) is 0 Å². The fourth-order valence-electron chi connectivity index (χ4n) is 2.31. The van der Waals surface area contributed by atoms with Crippen molar-refractivity contribution in [3.63, 3.8) is 0 Å². The van der Waals surface area contributed by atoms with Crippen LogP contribution in [0.15, 0.2) is 29.2 Å². The van der Waals surface area contributed by atoms with Gasteiger partial charge in [0.15, 0.2) is 0 Å². The SMILES string of the molecule is CC1(C(N)=O)CCN(S(=O)(=O)c2cccc(CN)c2)C1. The summed E-state index contributed by atoms with van der Waals surface area (Å²) < 4.78 is 26.4. The molecule has 4 N–H and O–H groups in total. The van der Waals surface area contributed by atoms with Crippen molar-refractivity contribution >= 4 is 15.9 Å². The fourth-order valence-corrected chi connectivity index (χ4v) is 3.94. The largest absolute Gasteiger partial charge is 0.369 e. The second-order valence-electron chi connectivity index (χ2n) is 5.37. The first-order valence-corrected chi connectivity index (χ1v) is 7.83. The quantitative estimate of drug-likeness (QED) is 0.817. The highest BCUT2D eigenvalue weighted by atomic mass is 32.2. The van der Waals surface area contributed by atoms with Crippen molar-refractivity contribution in [2.45, 2.75) is 24.8 Å². The highest BCUT2D eigenvalue weighted by Gasteiger charge is 2.43. The molecule has 1 heterocycles. The average molecular weight is 297 g/mol. The summed E-state index contributed by atoms with van der Waals surface area (Å²) in [7, 11) is -3.61. The van der Waals surface area contributed by atoms with Gasteiger partial charge in [0.2, 0.25) is 15.9 Å². The van der Waals surface area contributed by atoms with Gasteiger partial charge in [-0.15, -0.1) is 0 Å². The molecule has 1 atom stereocenters. The molecule has 7 heteroatoms. The van der Waals surface area contributed by atoms with E-state index >= 15 is 0 Å². The van der Waals surface area contributed by atoms with Gasteiger partial charge in [-0.05, 0) is 31.0 Å². The molecule has 0 spiro atoms. The van der Waals surface area contributed by atoms with Crippen molar-refractivity contribution in [2.24, 2.45) is 16.9 Å². The van der Waals surface area contributed by atoms with Gasteiger partial charge in [-0.1, -0.05) is 12.1 Å². The fraction of sp³-hybridized carbons (Fsp3) is 0.462. The predicted octanol–water partition coefficient (Wildman–Crippen LogP) is 0.0313. The summed E-state index contributed by atoms with van der Waals surface area (Å²) in [4.78, 5) is 11.6. The number of amides is 1. The van der Waals surface area contributed by atoms with Crippen LogP contribution in [-0.2, 0) is 21.4 Å². The van der Waals surface area contributed by atoms with Crippen LogP contribution >= 0.6 is 0 Å². The standard InChI is InChI=1S/C13H19N3O3S/c1-13(12(15)17)5-6-16(9-13)20(18,19)11-4-2-3-10(7-11)8-14/h2-4,7H,5-6,8-9,14H2,1H3,(H2,15,17). The smallest absolute Gasteiger partial charge is 0.243 e. The van der Waals surface area contributed by atoms with E-state index in [4.69, 9.17) is 11.5 Å². The first-order valence-electron chi connectivity index (χ1n) is 6.39. The molecule has 110 valence electrons. The highest BCUT2D eigenvalue weighted by molar-refractivity contribution is 7.89. The first-order chi connectivity index (χ1) is 9.29. The Bertz CT molecular complexity index is 630. The minimum atomic E-state index is -3.61. The summed E-state index contributed by atoms with van der Waals surface area (Å²) in [6.45, 7) is 2.40. The second kappa shape index (κ2) is 5.16. The molecule has 1 amide bonds. The number of hydrogen-bond acceptors (Lipinski definition) is 4. The molecule has 0 bridgehead atoms. The van der Waals surface area contributed by atoms with Gasteiger partial charge in [0, 0.05) is 19.6 Å². The molecule has 0 aliphatic carbocycles. The Kier molecular flexibility index (Phi) is 3.86. The summed E-state index contributed by atoms with van der Waals surface area (Å²) in [6, 6.07) is 6.54. The second-order valence-corrected chi connectivity index (χ2v) is 7.30. The number of sulfonamides is 1. The van der Waals surface area contributed by atoms with Crippen LogP contribution in [0, 0.1) is 5.41 Å². The van der Waals surface area contributed by atoms with Gasteiger partial charge in [-0.3, -0.25) is 4.79 Å². The van der Waals surface area contributed by atoms with Crippen molar-refractivity contribution in [1.82, 2.24) is 4.31 Å². The van der Waals surface area contributed by atoms with Gasteiger partial charge in [0.05, 0.1) is 10.3 Å². The third-order valence-electron chi connectivity index (χ3n) is 3.81. The van der Waals surface area contributed by atoms with Gasteiger partial charge in [-0.25, -0.2) is 8.42 Å². The lowest BCUT2D eigenvalue weighted by molar-refractivity contribution is -0.126. The molecule has 0 saturated carbocycles. The van der Waals surface area contributed by atoms with E-state index in [0.29, 0.717) is 13.0 Å². The number of primary amides is 1. The topological polar surface area (TPSA) is 106 Å². The lowest BCUT2D eigenvalue weighted by Crippen LogP contribution is -2.38. The predicted molar refractivity (Wildman–Crippen MR) is 75.0 cm³/mol. The van der Waals surface area contributed by atoms with E-state index in [9.17, 15) is 13.2 Å². The summed E-state index contributed by atoms with van der Waals surface area (Å²) in [5.41, 5.74) is 10.8. The maximum absolute atomic E-state index is 12.5. The van der Waals surface area contributed by atoms with E-state index in [2.05, 4.69) is 0 Å². The third kappa shape index (κ3) is 2.56. The van der Waals surface area contributed by atoms with Crippen LogP contribution in [0.1, 0.15) is 18.9 Å². The number of nitrogens with zero attached hydrogens (tertiary/aromatic N) is 1. The van der Waals surface area contributed by atoms with Gasteiger partial charge < -0.3 is 11.5 Å². The van der Waals surface area contributed by atoms with Crippen molar-refractivity contribution in [2.75, 3.05) is 13.1 Å². The lowest BCUT2D eigenvalue weighted by Gasteiger charge is -2.21. The number of hydrogen-bond donors (Lipinski definition) is 2. The lowest BCUT2D eigenvalue weighted by atomic mass is 9.89. The van der Waals surface area contributed by atoms with Crippen LogP contribution in [0.25, 0.3) is 0 Å². The van der Waals surface area contributed by atoms with Crippen molar-refractivity contribution < 1.29 is 13.2 Å². The molecule has 1 fully saturated rings. The zero-order chi connectivity index (χ0) is 15.0. The maximum atomic E-state index is 12.5. The third-order valence-corrected chi connectivity index (χ3v) is 5.65. The molecule has 1 aliphatic rings. The molecule has 1 aromatic rings. The zero-order valence-corrected chi connectivity index (χ0v) is 12.2. The molecule has 0 radical (unpaired) electrons. The Morgan fingerprint density at radius 1 is 1.45 bits per heavy atom. The molecule has 1 saturated heterocycles. The number of carbonyl (C=O) groups excluding carboxylic acids is 1. The zero-order valence-electron chi connectivity index (χ0n) is 11.4. The van der Waals surface area contributed by atoms with Crippen LogP contribution in [0.2, 0.25) is 0 Å². The minimum absolute atomic E-state index is 0.123. The van der Waals surface area contributed by atoms with Crippen LogP contribution in [-0.4, -0.2) is 31.7 Å². The molecule has 0 aromatic heterocycles. The summed E-state index contributed by atoms with van der Waals surface area (Å²) in [5, 5.41) is 0. The summed E-state index contributed by atoms with van der Waals surface area (Å²) in [6.07, 6.45) is 0.443. The first kappa shape index (κ1) is 15.0. The van der Waals surface area contributed by atoms with Gasteiger partial charge in [0.25, 0.3) is 0 Å². The van der Waals surface area contributed by atoms with Gasteiger partial charge in [0.1, 0.15) is 0 Å². The van der Waals surface area contributed by atoms with E-state index in [1.54, 1.807) is 25.1 Å². The van der Waals surface area contributed by atoms with Crippen LogP contribution in [0.4, 0.5) is 0 Å². The highest BCUT2D eigenvalue weighted by Crippen LogP contribution is 2.33. The minimum Gasteiger partial charge on any atom is -0.369 e. The van der Waals surface area contributed by atoms with E-state index in [1.165, 1.54) is 10.4 Å². The Labute approximate surface area is 118 Å². The van der Waals surface area contributed by atoms with Gasteiger partial charge in [-0.2, -0.15) is 4.31 Å². The summed E-state index contributed by atoms with van der Waals surface area (Å²) >= 11 is 0. The normalized spacial score (nSPS) is 23.9. The molecule has 6 nitrogen and oxygen atoms in total. The monoisotopic (exact) mass is 297 g/mol. The van der Waals surface area contributed by atoms with E-state index in [0.717, 1.165) is 5.56 Å². The van der Waals surface area contributed by atoms with Crippen LogP contribution < -0.4 is 11.5 Å². The summed E-state index contributed by atoms with van der Waals surface area (Å²) in [5.74, 6) is -0.467. The van der Waals surface area contributed by atoms with Crippen LogP contribution in [0.5, 0.6) is 0 Å². The Morgan fingerprint density at radius 3 is 2.70 bits per heavy atom. The maximum Gasteiger partial charge on any atom is 0.243 e. The number of nitrogens with two attached hydrogens (primary N) is 2. The Hall–Kier alpha value is -1.44.